The molecular weight excluding hydrogens is 228 g/mol. The molecule has 2 nitrogen and oxygen atoms in total. The molecule has 1 aliphatic rings. The minimum absolute atomic E-state index is 0.346. The standard InChI is InChI=1S/C14H20N2S/c1-11-4-2-3-5-12(11)9-17-10-14(6-7-14)8-13(15)16/h2-5H,6-10H2,1H3,(H3,15,16). The Hall–Kier alpha value is -0.960. The summed E-state index contributed by atoms with van der Waals surface area (Å²) in [4.78, 5) is 0. The molecule has 1 aliphatic carbocycles. The van der Waals surface area contributed by atoms with Gasteiger partial charge in [-0.25, -0.2) is 0 Å². The number of amidine groups is 1. The average Bonchev–Trinajstić information content (AvgIpc) is 3.00. The van der Waals surface area contributed by atoms with Crippen LogP contribution in [0.3, 0.4) is 0 Å². The second kappa shape index (κ2) is 5.13. The molecule has 0 amide bonds. The summed E-state index contributed by atoms with van der Waals surface area (Å²) in [6.45, 7) is 2.17. The van der Waals surface area contributed by atoms with Gasteiger partial charge in [0.15, 0.2) is 0 Å². The van der Waals surface area contributed by atoms with Crippen LogP contribution < -0.4 is 5.73 Å². The normalized spacial score (nSPS) is 16.8. The minimum atomic E-state index is 0.346. The highest BCUT2D eigenvalue weighted by Gasteiger charge is 2.42. The van der Waals surface area contributed by atoms with E-state index < -0.39 is 0 Å². The maximum Gasteiger partial charge on any atom is 0.0911 e. The maximum atomic E-state index is 7.39. The average molecular weight is 248 g/mol. The largest absolute Gasteiger partial charge is 0.388 e. The monoisotopic (exact) mass is 248 g/mol. The lowest BCUT2D eigenvalue weighted by Crippen LogP contribution is -2.18. The van der Waals surface area contributed by atoms with E-state index in [1.54, 1.807) is 0 Å². The molecule has 0 bridgehead atoms. The minimum Gasteiger partial charge on any atom is -0.388 e. The predicted octanol–water partition coefficient (Wildman–Crippen LogP) is 3.33. The molecule has 0 aliphatic heterocycles. The van der Waals surface area contributed by atoms with Gasteiger partial charge < -0.3 is 5.73 Å². The van der Waals surface area contributed by atoms with E-state index in [-0.39, 0.29) is 0 Å². The summed E-state index contributed by atoms with van der Waals surface area (Å²) in [7, 11) is 0. The van der Waals surface area contributed by atoms with Crippen LogP contribution in [0.25, 0.3) is 0 Å². The zero-order chi connectivity index (χ0) is 12.3. The van der Waals surface area contributed by atoms with Crippen molar-refractivity contribution in [2.45, 2.75) is 31.9 Å². The first-order chi connectivity index (χ1) is 8.11. The van der Waals surface area contributed by atoms with Crippen molar-refractivity contribution in [3.8, 4) is 0 Å². The van der Waals surface area contributed by atoms with Gasteiger partial charge in [-0.3, -0.25) is 5.41 Å². The lowest BCUT2D eigenvalue weighted by Gasteiger charge is -2.14. The first kappa shape index (κ1) is 12.5. The smallest absolute Gasteiger partial charge is 0.0911 e. The van der Waals surface area contributed by atoms with Crippen molar-refractivity contribution in [2.24, 2.45) is 11.1 Å². The molecule has 0 heterocycles. The summed E-state index contributed by atoms with van der Waals surface area (Å²) >= 11 is 1.98. The number of benzene rings is 1. The third-order valence-electron chi connectivity index (χ3n) is 3.45. The Balaban J connectivity index is 1.80. The Morgan fingerprint density at radius 2 is 2.12 bits per heavy atom. The number of hydrogen-bond donors (Lipinski definition) is 2. The fourth-order valence-electron chi connectivity index (χ4n) is 2.10. The summed E-state index contributed by atoms with van der Waals surface area (Å²) in [5.74, 6) is 2.56. The maximum absolute atomic E-state index is 7.39. The van der Waals surface area contributed by atoms with Crippen molar-refractivity contribution in [1.82, 2.24) is 0 Å². The SMILES string of the molecule is Cc1ccccc1CSCC1(CC(=N)N)CC1. The number of rotatable bonds is 6. The van der Waals surface area contributed by atoms with E-state index in [1.807, 2.05) is 11.8 Å². The fourth-order valence-corrected chi connectivity index (χ4v) is 3.57. The molecule has 0 unspecified atom stereocenters. The number of aryl methyl sites for hydroxylation is 1. The highest BCUT2D eigenvalue weighted by Crippen LogP contribution is 2.51. The summed E-state index contributed by atoms with van der Waals surface area (Å²) in [5.41, 5.74) is 8.66. The molecule has 0 spiro atoms. The summed E-state index contributed by atoms with van der Waals surface area (Å²) in [6, 6.07) is 8.55. The molecule has 0 atom stereocenters. The Morgan fingerprint density at radius 3 is 2.71 bits per heavy atom. The van der Waals surface area contributed by atoms with Gasteiger partial charge in [-0.05, 0) is 42.1 Å². The van der Waals surface area contributed by atoms with E-state index in [0.717, 1.165) is 17.9 Å². The summed E-state index contributed by atoms with van der Waals surface area (Å²) < 4.78 is 0. The third-order valence-corrected chi connectivity index (χ3v) is 4.78. The van der Waals surface area contributed by atoms with E-state index in [9.17, 15) is 0 Å². The van der Waals surface area contributed by atoms with Crippen LogP contribution in [0.4, 0.5) is 0 Å². The van der Waals surface area contributed by atoms with E-state index in [4.69, 9.17) is 11.1 Å². The van der Waals surface area contributed by atoms with Crippen molar-refractivity contribution < 1.29 is 0 Å². The molecule has 17 heavy (non-hydrogen) atoms. The number of nitrogens with one attached hydrogen (secondary N) is 1. The van der Waals surface area contributed by atoms with E-state index in [1.165, 1.54) is 24.0 Å². The molecule has 1 saturated carbocycles. The van der Waals surface area contributed by atoms with Gasteiger partial charge in [0, 0.05) is 12.2 Å². The highest BCUT2D eigenvalue weighted by atomic mass is 32.2. The van der Waals surface area contributed by atoms with Gasteiger partial charge in [0.2, 0.25) is 0 Å². The molecule has 0 saturated heterocycles. The molecule has 2 rings (SSSR count). The zero-order valence-corrected chi connectivity index (χ0v) is 11.1. The van der Waals surface area contributed by atoms with Crippen LogP contribution in [0.15, 0.2) is 24.3 Å². The fraction of sp³-hybridized carbons (Fsp3) is 0.500. The van der Waals surface area contributed by atoms with Crippen LogP contribution in [-0.4, -0.2) is 11.6 Å². The summed E-state index contributed by atoms with van der Waals surface area (Å²) in [6.07, 6.45) is 3.27. The Morgan fingerprint density at radius 1 is 1.41 bits per heavy atom. The predicted molar refractivity (Wildman–Crippen MR) is 75.5 cm³/mol. The van der Waals surface area contributed by atoms with E-state index >= 15 is 0 Å². The van der Waals surface area contributed by atoms with Crippen LogP contribution >= 0.6 is 11.8 Å². The lowest BCUT2D eigenvalue weighted by molar-refractivity contribution is 0.612. The second-order valence-corrected chi connectivity index (χ2v) is 6.11. The number of thioether (sulfide) groups is 1. The molecule has 3 heteroatoms. The first-order valence-electron chi connectivity index (χ1n) is 6.06. The van der Waals surface area contributed by atoms with Gasteiger partial charge in [-0.2, -0.15) is 11.8 Å². The molecular formula is C14H20N2S. The van der Waals surface area contributed by atoms with E-state index in [2.05, 4.69) is 31.2 Å². The lowest BCUT2D eigenvalue weighted by atomic mass is 10.1. The molecule has 0 aromatic heterocycles. The molecule has 1 fully saturated rings. The van der Waals surface area contributed by atoms with Gasteiger partial charge in [0.25, 0.3) is 0 Å². The van der Waals surface area contributed by atoms with Crippen molar-refractivity contribution >= 4 is 17.6 Å². The highest BCUT2D eigenvalue weighted by molar-refractivity contribution is 7.98. The van der Waals surface area contributed by atoms with Crippen LogP contribution in [0.2, 0.25) is 0 Å². The number of hydrogen-bond acceptors (Lipinski definition) is 2. The first-order valence-corrected chi connectivity index (χ1v) is 7.22. The van der Waals surface area contributed by atoms with Gasteiger partial charge in [0.05, 0.1) is 5.84 Å². The molecule has 1 aromatic rings. The Kier molecular flexibility index (Phi) is 3.77. The van der Waals surface area contributed by atoms with Crippen molar-refractivity contribution in [1.29, 1.82) is 5.41 Å². The Bertz CT molecular complexity index is 410. The van der Waals surface area contributed by atoms with Gasteiger partial charge in [-0.1, -0.05) is 24.3 Å². The van der Waals surface area contributed by atoms with Crippen molar-refractivity contribution in [2.75, 3.05) is 5.75 Å². The molecule has 1 aromatic carbocycles. The molecule has 92 valence electrons. The van der Waals surface area contributed by atoms with Crippen LogP contribution in [0, 0.1) is 17.7 Å². The van der Waals surface area contributed by atoms with Gasteiger partial charge in [0.1, 0.15) is 0 Å². The van der Waals surface area contributed by atoms with Crippen molar-refractivity contribution in [3.05, 3.63) is 35.4 Å². The zero-order valence-electron chi connectivity index (χ0n) is 10.3. The number of nitrogens with two attached hydrogens (primary N) is 1. The topological polar surface area (TPSA) is 49.9 Å². The third kappa shape index (κ3) is 3.50. The Labute approximate surface area is 107 Å². The second-order valence-electron chi connectivity index (χ2n) is 5.12. The van der Waals surface area contributed by atoms with Gasteiger partial charge in [-0.15, -0.1) is 0 Å². The molecule has 0 radical (unpaired) electrons. The van der Waals surface area contributed by atoms with Crippen molar-refractivity contribution in [3.63, 3.8) is 0 Å². The van der Waals surface area contributed by atoms with Crippen LogP contribution in [0.1, 0.15) is 30.4 Å². The van der Waals surface area contributed by atoms with Crippen LogP contribution in [0.5, 0.6) is 0 Å². The molecule has 3 N–H and O–H groups in total. The summed E-state index contributed by atoms with van der Waals surface area (Å²) in [5, 5.41) is 7.39. The quantitative estimate of drug-likeness (QED) is 0.599. The van der Waals surface area contributed by atoms with Crippen LogP contribution in [-0.2, 0) is 5.75 Å². The van der Waals surface area contributed by atoms with E-state index in [0.29, 0.717) is 11.3 Å². The van der Waals surface area contributed by atoms with Gasteiger partial charge >= 0.3 is 0 Å².